The van der Waals surface area contributed by atoms with Gasteiger partial charge in [0.05, 0.1) is 5.92 Å². The molecule has 0 saturated heterocycles. The van der Waals surface area contributed by atoms with Gasteiger partial charge in [-0.15, -0.1) is 0 Å². The van der Waals surface area contributed by atoms with E-state index in [1.807, 2.05) is 20.8 Å². The molecule has 1 N–H and O–H groups in total. The highest BCUT2D eigenvalue weighted by atomic mass is 16.6. The Balaban J connectivity index is 2.31. The highest BCUT2D eigenvalue weighted by Gasteiger charge is 2.27. The average molecular weight is 256 g/mol. The molecule has 0 aromatic heterocycles. The van der Waals surface area contributed by atoms with Crippen LogP contribution in [-0.4, -0.2) is 22.6 Å². The molecule has 0 aliphatic heterocycles. The van der Waals surface area contributed by atoms with Crippen molar-refractivity contribution in [3.63, 3.8) is 0 Å². The lowest BCUT2D eigenvalue weighted by atomic mass is 9.79. The number of carbonyl (C=O) groups excluding carboxylic acids is 1. The second-order valence-corrected chi connectivity index (χ2v) is 6.19. The Morgan fingerprint density at radius 1 is 1.28 bits per heavy atom. The number of esters is 1. The van der Waals surface area contributed by atoms with Crippen molar-refractivity contribution in [1.82, 2.24) is 0 Å². The van der Waals surface area contributed by atoms with Gasteiger partial charge in [-0.2, -0.15) is 0 Å². The summed E-state index contributed by atoms with van der Waals surface area (Å²) in [4.78, 5) is 22.5. The highest BCUT2D eigenvalue weighted by Crippen LogP contribution is 2.32. The first-order valence-electron chi connectivity index (χ1n) is 6.72. The number of rotatable bonds is 4. The number of ether oxygens (including phenoxy) is 1. The van der Waals surface area contributed by atoms with E-state index in [-0.39, 0.29) is 11.9 Å². The van der Waals surface area contributed by atoms with Crippen LogP contribution >= 0.6 is 0 Å². The summed E-state index contributed by atoms with van der Waals surface area (Å²) in [5.41, 5.74) is -0.437. The Hall–Kier alpha value is -1.06. The zero-order valence-electron chi connectivity index (χ0n) is 11.6. The van der Waals surface area contributed by atoms with Crippen molar-refractivity contribution in [2.75, 3.05) is 0 Å². The maximum Gasteiger partial charge on any atom is 0.306 e. The van der Waals surface area contributed by atoms with E-state index in [1.54, 1.807) is 0 Å². The number of hydrogen-bond acceptors (Lipinski definition) is 3. The topological polar surface area (TPSA) is 63.6 Å². The lowest BCUT2D eigenvalue weighted by molar-refractivity contribution is -0.155. The minimum atomic E-state index is -0.697. The molecule has 4 heteroatoms. The van der Waals surface area contributed by atoms with Gasteiger partial charge in [0, 0.05) is 6.42 Å². The maximum atomic E-state index is 11.6. The van der Waals surface area contributed by atoms with Crippen LogP contribution in [0, 0.1) is 11.8 Å². The summed E-state index contributed by atoms with van der Waals surface area (Å²) in [7, 11) is 0. The molecular weight excluding hydrogens is 232 g/mol. The predicted octanol–water partition coefficient (Wildman–Crippen LogP) is 3.00. The smallest absolute Gasteiger partial charge is 0.306 e. The molecule has 1 aliphatic rings. The third-order valence-corrected chi connectivity index (χ3v) is 3.31. The van der Waals surface area contributed by atoms with Crippen molar-refractivity contribution < 1.29 is 19.4 Å². The van der Waals surface area contributed by atoms with Crippen LogP contribution in [-0.2, 0) is 14.3 Å². The van der Waals surface area contributed by atoms with E-state index >= 15 is 0 Å². The number of aliphatic carboxylic acids is 1. The van der Waals surface area contributed by atoms with Gasteiger partial charge in [0.2, 0.25) is 0 Å². The quantitative estimate of drug-likeness (QED) is 0.785. The Kier molecular flexibility index (Phi) is 5.17. The molecule has 0 aromatic carbocycles. The van der Waals surface area contributed by atoms with Gasteiger partial charge in [0.15, 0.2) is 0 Å². The molecule has 104 valence electrons. The molecule has 1 aliphatic carbocycles. The van der Waals surface area contributed by atoms with Crippen LogP contribution in [0.25, 0.3) is 0 Å². The first-order chi connectivity index (χ1) is 8.28. The van der Waals surface area contributed by atoms with E-state index in [0.717, 1.165) is 25.7 Å². The predicted molar refractivity (Wildman–Crippen MR) is 68.2 cm³/mol. The van der Waals surface area contributed by atoms with Gasteiger partial charge in [-0.1, -0.05) is 12.8 Å². The lowest BCUT2D eigenvalue weighted by Gasteiger charge is -2.26. The minimum absolute atomic E-state index is 0.181. The molecule has 0 bridgehead atoms. The fraction of sp³-hybridized carbons (Fsp3) is 0.857. The van der Waals surface area contributed by atoms with Gasteiger partial charge in [-0.25, -0.2) is 0 Å². The lowest BCUT2D eigenvalue weighted by Crippen LogP contribution is -2.26. The third-order valence-electron chi connectivity index (χ3n) is 3.31. The van der Waals surface area contributed by atoms with Crippen molar-refractivity contribution in [1.29, 1.82) is 0 Å². The third kappa shape index (κ3) is 5.52. The fourth-order valence-corrected chi connectivity index (χ4v) is 2.49. The average Bonchev–Trinajstić information content (AvgIpc) is 2.24. The second kappa shape index (κ2) is 6.21. The summed E-state index contributed by atoms with van der Waals surface area (Å²) >= 11 is 0. The Bertz CT molecular complexity index is 303. The van der Waals surface area contributed by atoms with E-state index in [1.165, 1.54) is 0 Å². The molecule has 0 radical (unpaired) electrons. The van der Waals surface area contributed by atoms with Gasteiger partial charge in [-0.3, -0.25) is 9.59 Å². The fourth-order valence-electron chi connectivity index (χ4n) is 2.49. The van der Waals surface area contributed by atoms with Crippen LogP contribution in [0.2, 0.25) is 0 Å². The minimum Gasteiger partial charge on any atom is -0.481 e. The Labute approximate surface area is 109 Å². The molecule has 18 heavy (non-hydrogen) atoms. The molecule has 1 rings (SSSR count). The van der Waals surface area contributed by atoms with Crippen molar-refractivity contribution in [3.8, 4) is 0 Å². The summed E-state index contributed by atoms with van der Waals surface area (Å²) in [6, 6.07) is 0. The van der Waals surface area contributed by atoms with Crippen LogP contribution in [0.3, 0.4) is 0 Å². The van der Waals surface area contributed by atoms with Crippen LogP contribution in [0.4, 0.5) is 0 Å². The summed E-state index contributed by atoms with van der Waals surface area (Å²) in [5.74, 6) is -0.744. The van der Waals surface area contributed by atoms with Gasteiger partial charge >= 0.3 is 11.9 Å². The van der Waals surface area contributed by atoms with Gasteiger partial charge in [0.1, 0.15) is 5.60 Å². The van der Waals surface area contributed by atoms with E-state index in [0.29, 0.717) is 18.8 Å². The molecule has 2 atom stereocenters. The second-order valence-electron chi connectivity index (χ2n) is 6.19. The summed E-state index contributed by atoms with van der Waals surface area (Å²) in [5, 5.41) is 8.99. The summed E-state index contributed by atoms with van der Waals surface area (Å²) in [6.45, 7) is 5.56. The van der Waals surface area contributed by atoms with Gasteiger partial charge < -0.3 is 9.84 Å². The zero-order chi connectivity index (χ0) is 13.8. The molecule has 1 unspecified atom stereocenters. The molecule has 4 nitrogen and oxygen atoms in total. The van der Waals surface area contributed by atoms with E-state index < -0.39 is 11.6 Å². The number of carboxylic acid groups (broad SMARTS) is 1. The highest BCUT2D eigenvalue weighted by molar-refractivity contribution is 5.70. The van der Waals surface area contributed by atoms with Crippen molar-refractivity contribution >= 4 is 11.9 Å². The van der Waals surface area contributed by atoms with Crippen LogP contribution in [0.15, 0.2) is 0 Å². The maximum absolute atomic E-state index is 11.6. The largest absolute Gasteiger partial charge is 0.481 e. The molecule has 0 aromatic rings. The monoisotopic (exact) mass is 256 g/mol. The summed E-state index contributed by atoms with van der Waals surface area (Å²) < 4.78 is 5.25. The standard InChI is InChI=1S/C14H24O4/c1-14(2,3)18-12(15)8-7-10-5-4-6-11(9-10)13(16)17/h10-11H,4-9H2,1-3H3,(H,16,17)/t10?,11-/m0/s1. The van der Waals surface area contributed by atoms with Gasteiger partial charge in [-0.05, 0) is 46.0 Å². The van der Waals surface area contributed by atoms with Crippen LogP contribution in [0.1, 0.15) is 59.3 Å². The van der Waals surface area contributed by atoms with Crippen LogP contribution in [0.5, 0.6) is 0 Å². The van der Waals surface area contributed by atoms with E-state index in [2.05, 4.69) is 0 Å². The normalized spacial score (nSPS) is 24.6. The number of carbonyl (C=O) groups is 2. The van der Waals surface area contributed by atoms with Crippen LogP contribution < -0.4 is 0 Å². The van der Waals surface area contributed by atoms with Crippen molar-refractivity contribution in [3.05, 3.63) is 0 Å². The summed E-state index contributed by atoms with van der Waals surface area (Å²) in [6.07, 6.45) is 4.62. The molecular formula is C14H24O4. The van der Waals surface area contributed by atoms with E-state index in [4.69, 9.17) is 9.84 Å². The van der Waals surface area contributed by atoms with Crippen molar-refractivity contribution in [2.45, 2.75) is 64.9 Å². The molecule has 0 spiro atoms. The van der Waals surface area contributed by atoms with E-state index in [9.17, 15) is 9.59 Å². The molecule has 1 saturated carbocycles. The zero-order valence-corrected chi connectivity index (χ0v) is 11.6. The Morgan fingerprint density at radius 2 is 1.94 bits per heavy atom. The first kappa shape index (κ1) is 15.0. The van der Waals surface area contributed by atoms with Gasteiger partial charge in [0.25, 0.3) is 0 Å². The SMILES string of the molecule is CC(C)(C)OC(=O)CCC1CCC[C@H](C(=O)O)C1. The Morgan fingerprint density at radius 3 is 2.50 bits per heavy atom. The molecule has 0 amide bonds. The molecule has 0 heterocycles. The van der Waals surface area contributed by atoms with Crippen molar-refractivity contribution in [2.24, 2.45) is 11.8 Å². The number of carboxylic acids is 1. The number of hydrogen-bond donors (Lipinski definition) is 1. The molecule has 1 fully saturated rings. The first-order valence-corrected chi connectivity index (χ1v) is 6.72.